The first-order valence-electron chi connectivity index (χ1n) is 6.19. The highest BCUT2D eigenvalue weighted by Gasteiger charge is 2.37. The van der Waals surface area contributed by atoms with Gasteiger partial charge in [0.1, 0.15) is 0 Å². The van der Waals surface area contributed by atoms with Gasteiger partial charge in [0.25, 0.3) is 11.8 Å². The number of hydrogen-bond donors (Lipinski definition) is 1. The molecule has 0 unspecified atom stereocenters. The van der Waals surface area contributed by atoms with Crippen molar-refractivity contribution in [2.45, 2.75) is 31.8 Å². The van der Waals surface area contributed by atoms with Crippen LogP contribution in [0.5, 0.6) is 0 Å². The van der Waals surface area contributed by atoms with E-state index in [0.717, 1.165) is 0 Å². The zero-order valence-corrected chi connectivity index (χ0v) is 10.5. The van der Waals surface area contributed by atoms with Crippen molar-refractivity contribution in [3.05, 3.63) is 11.7 Å². The molecule has 3 heterocycles. The van der Waals surface area contributed by atoms with Crippen molar-refractivity contribution < 1.29 is 23.5 Å². The van der Waals surface area contributed by atoms with E-state index in [4.69, 9.17) is 18.7 Å². The van der Waals surface area contributed by atoms with Gasteiger partial charge in [-0.3, -0.25) is 4.79 Å². The SMILES string of the molecule is Cc1noc([C@@H]2OCC[C@@H]2NC(=O)C2OCCO2)n1. The molecule has 2 aliphatic rings. The predicted molar refractivity (Wildman–Crippen MR) is 60.0 cm³/mol. The van der Waals surface area contributed by atoms with E-state index in [1.54, 1.807) is 6.92 Å². The molecule has 104 valence electrons. The van der Waals surface area contributed by atoms with Crippen LogP contribution in [0.25, 0.3) is 0 Å². The van der Waals surface area contributed by atoms with Crippen LogP contribution in [0.15, 0.2) is 4.52 Å². The summed E-state index contributed by atoms with van der Waals surface area (Å²) in [6.45, 7) is 3.14. The van der Waals surface area contributed by atoms with Crippen LogP contribution in [0.3, 0.4) is 0 Å². The second-order valence-corrected chi connectivity index (χ2v) is 4.45. The molecule has 8 nitrogen and oxygen atoms in total. The van der Waals surface area contributed by atoms with Crippen LogP contribution >= 0.6 is 0 Å². The molecule has 1 N–H and O–H groups in total. The smallest absolute Gasteiger partial charge is 0.277 e. The first-order valence-corrected chi connectivity index (χ1v) is 6.19. The highest BCUT2D eigenvalue weighted by Crippen LogP contribution is 2.28. The van der Waals surface area contributed by atoms with E-state index in [1.807, 2.05) is 0 Å². The molecule has 0 aromatic carbocycles. The molecule has 1 aromatic rings. The summed E-state index contributed by atoms with van der Waals surface area (Å²) >= 11 is 0. The monoisotopic (exact) mass is 269 g/mol. The fourth-order valence-electron chi connectivity index (χ4n) is 2.17. The fraction of sp³-hybridized carbons (Fsp3) is 0.727. The average molecular weight is 269 g/mol. The molecule has 2 atom stereocenters. The summed E-state index contributed by atoms with van der Waals surface area (Å²) in [4.78, 5) is 16.0. The lowest BCUT2D eigenvalue weighted by atomic mass is 10.1. The first-order chi connectivity index (χ1) is 9.24. The molecule has 2 saturated heterocycles. The highest BCUT2D eigenvalue weighted by molar-refractivity contribution is 5.80. The average Bonchev–Trinajstić information content (AvgIpc) is 3.08. The molecule has 2 fully saturated rings. The maximum absolute atomic E-state index is 11.9. The zero-order chi connectivity index (χ0) is 13.2. The predicted octanol–water partition coefficient (Wildman–Crippen LogP) is -0.303. The van der Waals surface area contributed by atoms with E-state index >= 15 is 0 Å². The molecule has 0 bridgehead atoms. The van der Waals surface area contributed by atoms with Crippen LogP contribution in [0, 0.1) is 6.92 Å². The van der Waals surface area contributed by atoms with Crippen molar-refractivity contribution in [2.24, 2.45) is 0 Å². The van der Waals surface area contributed by atoms with Crippen LogP contribution in [0.1, 0.15) is 24.2 Å². The normalized spacial score (nSPS) is 27.8. The summed E-state index contributed by atoms with van der Waals surface area (Å²) in [5.41, 5.74) is 0. The van der Waals surface area contributed by atoms with Gasteiger partial charge in [0, 0.05) is 6.61 Å². The molecule has 0 aliphatic carbocycles. The molecule has 0 saturated carbocycles. The number of carbonyl (C=O) groups is 1. The Hall–Kier alpha value is -1.51. The van der Waals surface area contributed by atoms with Gasteiger partial charge in [-0.05, 0) is 13.3 Å². The molecular formula is C11H15N3O5. The summed E-state index contributed by atoms with van der Waals surface area (Å²) in [5, 5.41) is 6.56. The Bertz CT molecular complexity index is 457. The number of rotatable bonds is 3. The van der Waals surface area contributed by atoms with Crippen molar-refractivity contribution in [1.29, 1.82) is 0 Å². The van der Waals surface area contributed by atoms with Crippen LogP contribution in [-0.4, -0.2) is 48.2 Å². The fourth-order valence-corrected chi connectivity index (χ4v) is 2.17. The number of nitrogens with zero attached hydrogens (tertiary/aromatic N) is 2. The Morgan fingerprint density at radius 3 is 2.74 bits per heavy atom. The molecule has 2 aliphatic heterocycles. The van der Waals surface area contributed by atoms with Gasteiger partial charge in [-0.25, -0.2) is 0 Å². The summed E-state index contributed by atoms with van der Waals surface area (Å²) in [6.07, 6.45) is -0.554. The minimum Gasteiger partial charge on any atom is -0.366 e. The summed E-state index contributed by atoms with van der Waals surface area (Å²) in [5.74, 6) is 0.626. The van der Waals surface area contributed by atoms with E-state index in [2.05, 4.69) is 15.5 Å². The van der Waals surface area contributed by atoms with Gasteiger partial charge in [0.15, 0.2) is 11.9 Å². The maximum atomic E-state index is 11.9. The van der Waals surface area contributed by atoms with E-state index < -0.39 is 12.4 Å². The van der Waals surface area contributed by atoms with E-state index in [1.165, 1.54) is 0 Å². The molecular weight excluding hydrogens is 254 g/mol. The second-order valence-electron chi connectivity index (χ2n) is 4.45. The van der Waals surface area contributed by atoms with Crippen LogP contribution in [0.4, 0.5) is 0 Å². The molecule has 1 aromatic heterocycles. The molecule has 0 radical (unpaired) electrons. The Balaban J connectivity index is 1.64. The van der Waals surface area contributed by atoms with Crippen molar-refractivity contribution in [3.8, 4) is 0 Å². The van der Waals surface area contributed by atoms with Gasteiger partial charge in [-0.15, -0.1) is 0 Å². The Morgan fingerprint density at radius 2 is 2.05 bits per heavy atom. The molecule has 1 amide bonds. The van der Waals surface area contributed by atoms with Crippen LogP contribution in [-0.2, 0) is 19.0 Å². The number of nitrogens with one attached hydrogen (secondary N) is 1. The quantitative estimate of drug-likeness (QED) is 0.804. The van der Waals surface area contributed by atoms with Gasteiger partial charge in [-0.1, -0.05) is 5.16 Å². The number of hydrogen-bond acceptors (Lipinski definition) is 7. The third-order valence-electron chi connectivity index (χ3n) is 3.04. The molecule has 8 heteroatoms. The molecule has 0 spiro atoms. The van der Waals surface area contributed by atoms with Crippen LogP contribution < -0.4 is 5.32 Å². The third-order valence-corrected chi connectivity index (χ3v) is 3.04. The van der Waals surface area contributed by atoms with Crippen molar-refractivity contribution in [1.82, 2.24) is 15.5 Å². The van der Waals surface area contributed by atoms with Gasteiger partial charge >= 0.3 is 0 Å². The molecule has 3 rings (SSSR count). The third kappa shape index (κ3) is 2.60. The van der Waals surface area contributed by atoms with E-state index in [-0.39, 0.29) is 11.9 Å². The topological polar surface area (TPSA) is 95.7 Å². The largest absolute Gasteiger partial charge is 0.366 e. The van der Waals surface area contributed by atoms with E-state index in [0.29, 0.717) is 38.0 Å². The number of aromatic nitrogens is 2. The number of aryl methyl sites for hydroxylation is 1. The van der Waals surface area contributed by atoms with Gasteiger partial charge < -0.3 is 24.1 Å². The minimum absolute atomic E-state index is 0.208. The lowest BCUT2D eigenvalue weighted by Crippen LogP contribution is -2.43. The van der Waals surface area contributed by atoms with Crippen molar-refractivity contribution >= 4 is 5.91 Å². The van der Waals surface area contributed by atoms with E-state index in [9.17, 15) is 4.79 Å². The van der Waals surface area contributed by atoms with Gasteiger partial charge in [0.2, 0.25) is 6.29 Å². The maximum Gasteiger partial charge on any atom is 0.277 e. The Kier molecular flexibility index (Phi) is 3.45. The van der Waals surface area contributed by atoms with Crippen molar-refractivity contribution in [3.63, 3.8) is 0 Å². The lowest BCUT2D eigenvalue weighted by molar-refractivity contribution is -0.147. The van der Waals surface area contributed by atoms with Gasteiger partial charge in [-0.2, -0.15) is 4.98 Å². The van der Waals surface area contributed by atoms with Crippen molar-refractivity contribution in [2.75, 3.05) is 19.8 Å². The first kappa shape index (κ1) is 12.5. The zero-order valence-electron chi connectivity index (χ0n) is 10.5. The number of ether oxygens (including phenoxy) is 3. The van der Waals surface area contributed by atoms with Gasteiger partial charge in [0.05, 0.1) is 19.3 Å². The van der Waals surface area contributed by atoms with Crippen LogP contribution in [0.2, 0.25) is 0 Å². The second kappa shape index (κ2) is 5.24. The Morgan fingerprint density at radius 1 is 1.26 bits per heavy atom. The number of amides is 1. The summed E-state index contributed by atoms with van der Waals surface area (Å²) in [6, 6.07) is -0.208. The molecule has 19 heavy (non-hydrogen) atoms. The number of carbonyl (C=O) groups excluding carboxylic acids is 1. The summed E-state index contributed by atoms with van der Waals surface area (Å²) in [7, 11) is 0. The lowest BCUT2D eigenvalue weighted by Gasteiger charge is -2.18. The minimum atomic E-state index is -0.828. The highest BCUT2D eigenvalue weighted by atomic mass is 16.7. The standard InChI is InChI=1S/C11H15N3O5/c1-6-12-10(19-14-6)8-7(2-3-16-8)13-9(15)11-17-4-5-18-11/h7-8,11H,2-5H2,1H3,(H,13,15)/t7-,8+/m0/s1. The Labute approximate surface area is 109 Å². The summed E-state index contributed by atoms with van der Waals surface area (Å²) < 4.78 is 20.9.